The van der Waals surface area contributed by atoms with E-state index in [9.17, 15) is 0 Å². The summed E-state index contributed by atoms with van der Waals surface area (Å²) in [7, 11) is 0. The Morgan fingerprint density at radius 1 is 1.50 bits per heavy atom. The average Bonchev–Trinajstić information content (AvgIpc) is 2.86. The van der Waals surface area contributed by atoms with Crippen molar-refractivity contribution in [1.82, 2.24) is 15.3 Å². The lowest BCUT2D eigenvalue weighted by Crippen LogP contribution is -2.17. The molecule has 4 heteroatoms. The summed E-state index contributed by atoms with van der Waals surface area (Å²) in [5, 5.41) is 3.27. The van der Waals surface area contributed by atoms with Crippen LogP contribution in [-0.4, -0.2) is 16.5 Å². The van der Waals surface area contributed by atoms with E-state index in [1.54, 1.807) is 12.5 Å². The van der Waals surface area contributed by atoms with Gasteiger partial charge in [0.2, 0.25) is 0 Å². The minimum absolute atomic E-state index is 0.772. The Bertz CT molecular complexity index is 303. The molecule has 0 atom stereocenters. The van der Waals surface area contributed by atoms with E-state index in [0.717, 1.165) is 31.1 Å². The summed E-state index contributed by atoms with van der Waals surface area (Å²) < 4.78 is 5.21. The van der Waals surface area contributed by atoms with Crippen molar-refractivity contribution >= 4 is 0 Å². The van der Waals surface area contributed by atoms with Crippen LogP contribution in [0, 0.1) is 0 Å². The Kier molecular flexibility index (Phi) is 2.98. The molecule has 2 heterocycles. The van der Waals surface area contributed by atoms with Crippen molar-refractivity contribution in [3.63, 3.8) is 0 Å². The Morgan fingerprint density at radius 3 is 3.21 bits per heavy atom. The zero-order valence-corrected chi connectivity index (χ0v) is 7.86. The number of furan rings is 1. The molecule has 2 N–H and O–H groups in total. The van der Waals surface area contributed by atoms with Gasteiger partial charge in [-0.1, -0.05) is 0 Å². The van der Waals surface area contributed by atoms with Crippen molar-refractivity contribution in [2.45, 2.75) is 13.0 Å². The highest BCUT2D eigenvalue weighted by atomic mass is 16.3. The molecule has 14 heavy (non-hydrogen) atoms. The van der Waals surface area contributed by atoms with Crippen LogP contribution < -0.4 is 5.32 Å². The molecule has 0 radical (unpaired) electrons. The predicted octanol–water partition coefficient (Wildman–Crippen LogP) is 1.33. The molecule has 2 rings (SSSR count). The molecule has 0 spiro atoms. The van der Waals surface area contributed by atoms with Gasteiger partial charge in [0.25, 0.3) is 0 Å². The minimum Gasteiger partial charge on any atom is -0.469 e. The van der Waals surface area contributed by atoms with Gasteiger partial charge in [-0.2, -0.15) is 0 Å². The van der Waals surface area contributed by atoms with Crippen molar-refractivity contribution in [2.24, 2.45) is 0 Å². The number of hydrogen-bond acceptors (Lipinski definition) is 3. The maximum atomic E-state index is 5.21. The van der Waals surface area contributed by atoms with Gasteiger partial charge in [0.15, 0.2) is 0 Å². The summed E-state index contributed by atoms with van der Waals surface area (Å²) in [6.45, 7) is 1.67. The SMILES string of the molecule is c1coc(CCNCc2ncc[nH]2)c1. The fourth-order valence-electron chi connectivity index (χ4n) is 1.27. The fraction of sp³-hybridized carbons (Fsp3) is 0.300. The van der Waals surface area contributed by atoms with Crippen LogP contribution in [0.2, 0.25) is 0 Å². The number of rotatable bonds is 5. The van der Waals surface area contributed by atoms with Gasteiger partial charge in [-0.25, -0.2) is 4.98 Å². The summed E-state index contributed by atoms with van der Waals surface area (Å²) in [6, 6.07) is 3.89. The number of nitrogens with zero attached hydrogens (tertiary/aromatic N) is 1. The van der Waals surface area contributed by atoms with Crippen LogP contribution >= 0.6 is 0 Å². The number of H-pyrrole nitrogens is 1. The van der Waals surface area contributed by atoms with Crippen LogP contribution in [0.5, 0.6) is 0 Å². The van der Waals surface area contributed by atoms with E-state index in [0.29, 0.717) is 0 Å². The molecule has 0 fully saturated rings. The first-order valence-corrected chi connectivity index (χ1v) is 4.66. The first-order valence-electron chi connectivity index (χ1n) is 4.66. The van der Waals surface area contributed by atoms with Gasteiger partial charge in [0.1, 0.15) is 11.6 Å². The van der Waals surface area contributed by atoms with Crippen LogP contribution in [0.25, 0.3) is 0 Å². The number of imidazole rings is 1. The van der Waals surface area contributed by atoms with Crippen LogP contribution in [0.15, 0.2) is 35.2 Å². The summed E-state index contributed by atoms with van der Waals surface area (Å²) >= 11 is 0. The fourth-order valence-corrected chi connectivity index (χ4v) is 1.27. The van der Waals surface area contributed by atoms with E-state index in [-0.39, 0.29) is 0 Å². The average molecular weight is 191 g/mol. The second-order valence-electron chi connectivity index (χ2n) is 3.04. The highest BCUT2D eigenvalue weighted by Crippen LogP contribution is 1.99. The molecule has 74 valence electrons. The summed E-state index contributed by atoms with van der Waals surface area (Å²) in [6.07, 6.45) is 6.18. The van der Waals surface area contributed by atoms with Crippen molar-refractivity contribution in [1.29, 1.82) is 0 Å². The van der Waals surface area contributed by atoms with E-state index in [2.05, 4.69) is 15.3 Å². The molecule has 0 amide bonds. The van der Waals surface area contributed by atoms with Gasteiger partial charge in [0, 0.05) is 25.4 Å². The third-order valence-electron chi connectivity index (χ3n) is 1.98. The third kappa shape index (κ3) is 2.47. The second-order valence-corrected chi connectivity index (χ2v) is 3.04. The highest BCUT2D eigenvalue weighted by Gasteiger charge is 1.96. The van der Waals surface area contributed by atoms with Crippen molar-refractivity contribution in [3.05, 3.63) is 42.4 Å². The predicted molar refractivity (Wildman–Crippen MR) is 52.7 cm³/mol. The van der Waals surface area contributed by atoms with E-state index < -0.39 is 0 Å². The first kappa shape index (κ1) is 9.02. The topological polar surface area (TPSA) is 53.9 Å². The van der Waals surface area contributed by atoms with Gasteiger partial charge in [-0.15, -0.1) is 0 Å². The number of aromatic nitrogens is 2. The molecule has 0 bridgehead atoms. The molecule has 0 saturated heterocycles. The largest absolute Gasteiger partial charge is 0.469 e. The van der Waals surface area contributed by atoms with Gasteiger partial charge in [-0.05, 0) is 12.1 Å². The Labute approximate surface area is 82.4 Å². The van der Waals surface area contributed by atoms with Crippen LogP contribution in [-0.2, 0) is 13.0 Å². The molecular weight excluding hydrogens is 178 g/mol. The first-order chi connectivity index (χ1) is 6.95. The van der Waals surface area contributed by atoms with Gasteiger partial charge >= 0.3 is 0 Å². The Hall–Kier alpha value is -1.55. The summed E-state index contributed by atoms with van der Waals surface area (Å²) in [5.41, 5.74) is 0. The van der Waals surface area contributed by atoms with Gasteiger partial charge < -0.3 is 14.7 Å². The Balaban J connectivity index is 1.65. The molecule has 0 unspecified atom stereocenters. The zero-order valence-electron chi connectivity index (χ0n) is 7.86. The van der Waals surface area contributed by atoms with E-state index >= 15 is 0 Å². The normalized spacial score (nSPS) is 10.6. The molecule has 2 aromatic rings. The number of aromatic amines is 1. The molecule has 0 aromatic carbocycles. The minimum atomic E-state index is 0.772. The molecule has 2 aromatic heterocycles. The molecule has 0 aliphatic heterocycles. The summed E-state index contributed by atoms with van der Waals surface area (Å²) in [4.78, 5) is 7.14. The zero-order chi connectivity index (χ0) is 9.64. The number of hydrogen-bond donors (Lipinski definition) is 2. The molecule has 0 aliphatic rings. The van der Waals surface area contributed by atoms with E-state index in [4.69, 9.17) is 4.42 Å². The monoisotopic (exact) mass is 191 g/mol. The van der Waals surface area contributed by atoms with E-state index in [1.807, 2.05) is 18.3 Å². The highest BCUT2D eigenvalue weighted by molar-refractivity contribution is 4.98. The third-order valence-corrected chi connectivity index (χ3v) is 1.98. The quantitative estimate of drug-likeness (QED) is 0.701. The lowest BCUT2D eigenvalue weighted by atomic mass is 10.3. The lowest BCUT2D eigenvalue weighted by Gasteiger charge is -2.00. The molecular formula is C10H13N3O. The van der Waals surface area contributed by atoms with Crippen LogP contribution in [0.1, 0.15) is 11.6 Å². The van der Waals surface area contributed by atoms with E-state index in [1.165, 1.54) is 0 Å². The second kappa shape index (κ2) is 4.62. The molecule has 4 nitrogen and oxygen atoms in total. The molecule has 0 aliphatic carbocycles. The maximum absolute atomic E-state index is 5.21. The molecule has 0 saturated carbocycles. The Morgan fingerprint density at radius 2 is 2.50 bits per heavy atom. The van der Waals surface area contributed by atoms with Gasteiger partial charge in [0.05, 0.1) is 12.8 Å². The van der Waals surface area contributed by atoms with Crippen molar-refractivity contribution in [3.8, 4) is 0 Å². The lowest BCUT2D eigenvalue weighted by molar-refractivity contribution is 0.497. The maximum Gasteiger partial charge on any atom is 0.120 e. The van der Waals surface area contributed by atoms with Crippen molar-refractivity contribution in [2.75, 3.05) is 6.54 Å². The van der Waals surface area contributed by atoms with Gasteiger partial charge in [-0.3, -0.25) is 0 Å². The number of nitrogens with one attached hydrogen (secondary N) is 2. The standard InChI is InChI=1S/C10H13N3O/c1-2-9(14-7-1)3-4-11-8-10-12-5-6-13-10/h1-2,5-7,11H,3-4,8H2,(H,12,13). The van der Waals surface area contributed by atoms with Crippen LogP contribution in [0.3, 0.4) is 0 Å². The van der Waals surface area contributed by atoms with Crippen LogP contribution in [0.4, 0.5) is 0 Å². The summed E-state index contributed by atoms with van der Waals surface area (Å²) in [5.74, 6) is 1.97. The van der Waals surface area contributed by atoms with Crippen molar-refractivity contribution < 1.29 is 4.42 Å². The smallest absolute Gasteiger partial charge is 0.120 e.